The van der Waals surface area contributed by atoms with Crippen LogP contribution in [0.2, 0.25) is 0 Å². The molecule has 2 N–H and O–H groups in total. The zero-order valence-electron chi connectivity index (χ0n) is 14.2. The van der Waals surface area contributed by atoms with E-state index in [4.69, 9.17) is 17.0 Å². The van der Waals surface area contributed by atoms with Gasteiger partial charge in [-0.05, 0) is 62.0 Å². The Labute approximate surface area is 152 Å². The molecular formula is C19H20N2O3S. The van der Waals surface area contributed by atoms with Gasteiger partial charge in [0.05, 0.1) is 12.2 Å². The predicted molar refractivity (Wildman–Crippen MR) is 102 cm³/mol. The Balaban J connectivity index is 1.92. The lowest BCUT2D eigenvalue weighted by molar-refractivity contribution is 0.0505. The van der Waals surface area contributed by atoms with Crippen molar-refractivity contribution in [2.75, 3.05) is 11.9 Å². The highest BCUT2D eigenvalue weighted by Gasteiger charge is 2.09. The summed E-state index contributed by atoms with van der Waals surface area (Å²) in [6.07, 6.45) is 0.778. The van der Waals surface area contributed by atoms with Crippen molar-refractivity contribution in [3.05, 3.63) is 65.2 Å². The zero-order chi connectivity index (χ0) is 18.2. The molecule has 2 aromatic rings. The Kier molecular flexibility index (Phi) is 6.65. The number of anilines is 1. The summed E-state index contributed by atoms with van der Waals surface area (Å²) in [6, 6.07) is 13.9. The first-order valence-electron chi connectivity index (χ1n) is 7.96. The summed E-state index contributed by atoms with van der Waals surface area (Å²) in [5.74, 6) is -0.635. The number of nitrogens with one attached hydrogen (secondary N) is 2. The number of hydrogen-bond donors (Lipinski definition) is 2. The standard InChI is InChI=1S/C19H20N2O3S/c1-3-11-24-18(23)14-7-9-16(10-8-14)20-19(25)21-17(22)15-6-4-5-13(2)12-15/h4-10,12H,3,11H2,1-2H3,(H2,20,21,22,25). The van der Waals surface area contributed by atoms with Crippen molar-refractivity contribution < 1.29 is 14.3 Å². The predicted octanol–water partition coefficient (Wildman–Crippen LogP) is 3.69. The molecule has 5 nitrogen and oxygen atoms in total. The average molecular weight is 356 g/mol. The number of esters is 1. The second kappa shape index (κ2) is 8.94. The lowest BCUT2D eigenvalue weighted by Crippen LogP contribution is -2.34. The maximum absolute atomic E-state index is 12.1. The Morgan fingerprint density at radius 1 is 1.08 bits per heavy atom. The summed E-state index contributed by atoms with van der Waals surface area (Å²) in [5, 5.41) is 5.73. The van der Waals surface area contributed by atoms with Gasteiger partial charge in [0, 0.05) is 11.3 Å². The molecule has 0 saturated heterocycles. The fraction of sp³-hybridized carbons (Fsp3) is 0.211. The van der Waals surface area contributed by atoms with Crippen LogP contribution < -0.4 is 10.6 Å². The van der Waals surface area contributed by atoms with Crippen LogP contribution in [0.25, 0.3) is 0 Å². The lowest BCUT2D eigenvalue weighted by atomic mass is 10.1. The number of rotatable bonds is 5. The molecule has 130 valence electrons. The Morgan fingerprint density at radius 2 is 1.80 bits per heavy atom. The van der Waals surface area contributed by atoms with Crippen LogP contribution in [-0.2, 0) is 4.74 Å². The van der Waals surface area contributed by atoms with E-state index in [9.17, 15) is 9.59 Å². The number of benzene rings is 2. The molecule has 0 spiro atoms. The minimum absolute atomic E-state index is 0.188. The zero-order valence-corrected chi connectivity index (χ0v) is 15.0. The van der Waals surface area contributed by atoms with Gasteiger partial charge in [0.1, 0.15) is 0 Å². The Hall–Kier alpha value is -2.73. The number of ether oxygens (including phenoxy) is 1. The van der Waals surface area contributed by atoms with Crippen molar-refractivity contribution in [3.63, 3.8) is 0 Å². The van der Waals surface area contributed by atoms with Gasteiger partial charge in [-0.2, -0.15) is 0 Å². The van der Waals surface area contributed by atoms with Gasteiger partial charge in [0.2, 0.25) is 0 Å². The van der Waals surface area contributed by atoms with Crippen LogP contribution in [0.15, 0.2) is 48.5 Å². The molecule has 0 heterocycles. The third-order valence-corrected chi connectivity index (χ3v) is 3.53. The molecule has 25 heavy (non-hydrogen) atoms. The molecule has 0 fully saturated rings. The molecule has 0 aliphatic carbocycles. The maximum Gasteiger partial charge on any atom is 0.338 e. The van der Waals surface area contributed by atoms with E-state index < -0.39 is 0 Å². The third kappa shape index (κ3) is 5.69. The molecule has 2 rings (SSSR count). The van der Waals surface area contributed by atoms with Gasteiger partial charge < -0.3 is 10.1 Å². The van der Waals surface area contributed by atoms with Crippen LogP contribution in [0.1, 0.15) is 39.6 Å². The van der Waals surface area contributed by atoms with Crippen molar-refractivity contribution >= 4 is 34.9 Å². The molecule has 0 atom stereocenters. The number of amides is 1. The fourth-order valence-corrected chi connectivity index (χ4v) is 2.30. The minimum Gasteiger partial charge on any atom is -0.462 e. The van der Waals surface area contributed by atoms with E-state index in [-0.39, 0.29) is 17.0 Å². The first kappa shape index (κ1) is 18.6. The number of thiocarbonyl (C=S) groups is 1. The van der Waals surface area contributed by atoms with Crippen LogP contribution in [0.5, 0.6) is 0 Å². The van der Waals surface area contributed by atoms with E-state index >= 15 is 0 Å². The number of hydrogen-bond acceptors (Lipinski definition) is 4. The second-order valence-electron chi connectivity index (χ2n) is 5.49. The summed E-state index contributed by atoms with van der Waals surface area (Å²) < 4.78 is 5.07. The van der Waals surface area contributed by atoms with Crippen LogP contribution in [-0.4, -0.2) is 23.6 Å². The first-order chi connectivity index (χ1) is 12.0. The Morgan fingerprint density at radius 3 is 2.44 bits per heavy atom. The highest BCUT2D eigenvalue weighted by Crippen LogP contribution is 2.11. The van der Waals surface area contributed by atoms with Crippen LogP contribution in [0.4, 0.5) is 5.69 Å². The van der Waals surface area contributed by atoms with Crippen LogP contribution in [0, 0.1) is 6.92 Å². The van der Waals surface area contributed by atoms with Gasteiger partial charge in [-0.25, -0.2) is 4.79 Å². The lowest BCUT2D eigenvalue weighted by Gasteiger charge is -2.10. The molecule has 0 unspecified atom stereocenters. The number of aryl methyl sites for hydroxylation is 1. The van der Waals surface area contributed by atoms with Gasteiger partial charge >= 0.3 is 5.97 Å². The molecule has 0 radical (unpaired) electrons. The van der Waals surface area contributed by atoms with Gasteiger partial charge in [-0.15, -0.1) is 0 Å². The van der Waals surface area contributed by atoms with Crippen LogP contribution >= 0.6 is 12.2 Å². The van der Waals surface area contributed by atoms with E-state index in [1.165, 1.54) is 0 Å². The quantitative estimate of drug-likeness (QED) is 0.632. The summed E-state index contributed by atoms with van der Waals surface area (Å²) in [5.41, 5.74) is 2.67. The first-order valence-corrected chi connectivity index (χ1v) is 8.36. The minimum atomic E-state index is -0.358. The molecule has 0 aliphatic rings. The van der Waals surface area contributed by atoms with E-state index in [0.717, 1.165) is 12.0 Å². The molecule has 1 amide bonds. The van der Waals surface area contributed by atoms with Gasteiger partial charge in [-0.1, -0.05) is 24.6 Å². The van der Waals surface area contributed by atoms with Crippen molar-refractivity contribution in [3.8, 4) is 0 Å². The topological polar surface area (TPSA) is 67.4 Å². The van der Waals surface area contributed by atoms with Crippen molar-refractivity contribution in [1.82, 2.24) is 5.32 Å². The van der Waals surface area contributed by atoms with Crippen molar-refractivity contribution in [2.45, 2.75) is 20.3 Å². The van der Waals surface area contributed by atoms with E-state index in [1.807, 2.05) is 26.0 Å². The molecule has 0 saturated carbocycles. The van der Waals surface area contributed by atoms with Crippen molar-refractivity contribution in [2.24, 2.45) is 0 Å². The van der Waals surface area contributed by atoms with Crippen molar-refractivity contribution in [1.29, 1.82) is 0 Å². The molecular weight excluding hydrogens is 336 g/mol. The third-order valence-electron chi connectivity index (χ3n) is 3.32. The highest BCUT2D eigenvalue weighted by molar-refractivity contribution is 7.80. The normalized spacial score (nSPS) is 10.0. The second-order valence-corrected chi connectivity index (χ2v) is 5.90. The number of carbonyl (C=O) groups is 2. The molecule has 2 aromatic carbocycles. The summed E-state index contributed by atoms with van der Waals surface area (Å²) >= 11 is 5.15. The largest absolute Gasteiger partial charge is 0.462 e. The monoisotopic (exact) mass is 356 g/mol. The fourth-order valence-electron chi connectivity index (χ4n) is 2.09. The van der Waals surface area contributed by atoms with Gasteiger partial charge in [0.15, 0.2) is 5.11 Å². The summed E-state index contributed by atoms with van der Waals surface area (Å²) in [6.45, 7) is 4.25. The SMILES string of the molecule is CCCOC(=O)c1ccc(NC(=S)NC(=O)c2cccc(C)c2)cc1. The summed E-state index contributed by atoms with van der Waals surface area (Å²) in [4.78, 5) is 23.9. The smallest absolute Gasteiger partial charge is 0.338 e. The maximum atomic E-state index is 12.1. The Bertz CT molecular complexity index is 772. The van der Waals surface area contributed by atoms with E-state index in [0.29, 0.717) is 23.4 Å². The van der Waals surface area contributed by atoms with Gasteiger partial charge in [0.25, 0.3) is 5.91 Å². The molecule has 0 aliphatic heterocycles. The van der Waals surface area contributed by atoms with E-state index in [2.05, 4.69) is 10.6 Å². The van der Waals surface area contributed by atoms with Gasteiger partial charge in [-0.3, -0.25) is 10.1 Å². The molecule has 0 bridgehead atoms. The molecule has 6 heteroatoms. The number of carbonyl (C=O) groups excluding carboxylic acids is 2. The summed E-state index contributed by atoms with van der Waals surface area (Å²) in [7, 11) is 0. The van der Waals surface area contributed by atoms with Crippen LogP contribution in [0.3, 0.4) is 0 Å². The average Bonchev–Trinajstić information content (AvgIpc) is 2.60. The molecule has 0 aromatic heterocycles. The van der Waals surface area contributed by atoms with E-state index in [1.54, 1.807) is 36.4 Å². The highest BCUT2D eigenvalue weighted by atomic mass is 32.1.